The Kier molecular flexibility index (Phi) is 4.73. The molecule has 0 saturated heterocycles. The Morgan fingerprint density at radius 2 is 1.61 bits per heavy atom. The van der Waals surface area contributed by atoms with Crippen molar-refractivity contribution in [1.82, 2.24) is 0 Å². The van der Waals surface area contributed by atoms with Crippen molar-refractivity contribution in [3.63, 3.8) is 0 Å². The molecule has 0 bridgehead atoms. The SMILES string of the molecule is NC(c1ccc(Cl)cc1Cl)c1ccc(Br)cc1Br. The lowest BCUT2D eigenvalue weighted by atomic mass is 10.00. The van der Waals surface area contributed by atoms with Crippen molar-refractivity contribution in [2.75, 3.05) is 0 Å². The van der Waals surface area contributed by atoms with E-state index in [1.807, 2.05) is 24.3 Å². The maximum atomic E-state index is 6.25. The van der Waals surface area contributed by atoms with E-state index in [1.54, 1.807) is 12.1 Å². The highest BCUT2D eigenvalue weighted by Gasteiger charge is 2.15. The quantitative estimate of drug-likeness (QED) is 0.689. The molecule has 2 rings (SSSR count). The molecule has 0 aliphatic carbocycles. The largest absolute Gasteiger partial charge is 0.320 e. The van der Waals surface area contributed by atoms with Crippen LogP contribution >= 0.6 is 55.1 Å². The van der Waals surface area contributed by atoms with Crippen molar-refractivity contribution in [2.24, 2.45) is 5.73 Å². The minimum Gasteiger partial charge on any atom is -0.320 e. The standard InChI is InChI=1S/C13H9Br2Cl2N/c14-7-1-3-9(11(15)5-7)13(18)10-4-2-8(16)6-12(10)17/h1-6,13H,18H2. The molecule has 5 heteroatoms. The maximum Gasteiger partial charge on any atom is 0.0577 e. The first kappa shape index (κ1) is 14.4. The molecule has 0 amide bonds. The molecular weight excluding hydrogens is 401 g/mol. The minimum atomic E-state index is -0.294. The molecule has 0 aliphatic heterocycles. The van der Waals surface area contributed by atoms with Gasteiger partial charge in [0.05, 0.1) is 6.04 Å². The number of benzene rings is 2. The summed E-state index contributed by atoms with van der Waals surface area (Å²) in [5.41, 5.74) is 8.07. The average molecular weight is 410 g/mol. The molecule has 2 aromatic rings. The molecule has 0 heterocycles. The molecule has 2 N–H and O–H groups in total. The van der Waals surface area contributed by atoms with Gasteiger partial charge in [-0.2, -0.15) is 0 Å². The van der Waals surface area contributed by atoms with E-state index in [-0.39, 0.29) is 6.04 Å². The van der Waals surface area contributed by atoms with Gasteiger partial charge in [-0.25, -0.2) is 0 Å². The maximum absolute atomic E-state index is 6.25. The predicted octanol–water partition coefficient (Wildman–Crippen LogP) is 5.57. The van der Waals surface area contributed by atoms with Crippen molar-refractivity contribution in [1.29, 1.82) is 0 Å². The fourth-order valence-corrected chi connectivity index (χ4v) is 3.49. The van der Waals surface area contributed by atoms with Crippen LogP contribution in [0.1, 0.15) is 17.2 Å². The third-order valence-corrected chi connectivity index (χ3v) is 4.34. The molecule has 0 fully saturated rings. The van der Waals surface area contributed by atoms with Gasteiger partial charge in [0, 0.05) is 19.0 Å². The lowest BCUT2D eigenvalue weighted by Crippen LogP contribution is -2.13. The first-order chi connectivity index (χ1) is 8.49. The van der Waals surface area contributed by atoms with Crippen LogP contribution in [0.5, 0.6) is 0 Å². The molecular formula is C13H9Br2Cl2N. The van der Waals surface area contributed by atoms with E-state index in [0.29, 0.717) is 10.0 Å². The monoisotopic (exact) mass is 407 g/mol. The normalized spacial score (nSPS) is 12.5. The van der Waals surface area contributed by atoms with Gasteiger partial charge in [-0.05, 0) is 35.4 Å². The van der Waals surface area contributed by atoms with Gasteiger partial charge in [0.15, 0.2) is 0 Å². The Balaban J connectivity index is 2.44. The molecule has 0 radical (unpaired) electrons. The van der Waals surface area contributed by atoms with Crippen LogP contribution in [-0.4, -0.2) is 0 Å². The number of nitrogens with two attached hydrogens (primary N) is 1. The van der Waals surface area contributed by atoms with E-state index in [0.717, 1.165) is 20.1 Å². The molecule has 1 atom stereocenters. The molecule has 0 saturated carbocycles. The van der Waals surface area contributed by atoms with Gasteiger partial charge in [0.2, 0.25) is 0 Å². The van der Waals surface area contributed by atoms with E-state index in [2.05, 4.69) is 31.9 Å². The highest BCUT2D eigenvalue weighted by molar-refractivity contribution is 9.11. The second-order valence-corrected chi connectivity index (χ2v) is 6.42. The number of hydrogen-bond acceptors (Lipinski definition) is 1. The fourth-order valence-electron chi connectivity index (χ4n) is 1.67. The summed E-state index contributed by atoms with van der Waals surface area (Å²) in [4.78, 5) is 0. The van der Waals surface area contributed by atoms with Gasteiger partial charge in [-0.3, -0.25) is 0 Å². The minimum absolute atomic E-state index is 0.294. The fraction of sp³-hybridized carbons (Fsp3) is 0.0769. The van der Waals surface area contributed by atoms with Gasteiger partial charge in [-0.1, -0.05) is 67.2 Å². The van der Waals surface area contributed by atoms with E-state index >= 15 is 0 Å². The summed E-state index contributed by atoms with van der Waals surface area (Å²) < 4.78 is 1.93. The van der Waals surface area contributed by atoms with Crippen molar-refractivity contribution < 1.29 is 0 Å². The zero-order valence-corrected chi connectivity index (χ0v) is 13.8. The summed E-state index contributed by atoms with van der Waals surface area (Å²) >= 11 is 19.0. The predicted molar refractivity (Wildman–Crippen MR) is 84.3 cm³/mol. The Hall–Kier alpha value is -0.0600. The molecule has 94 valence electrons. The molecule has 1 nitrogen and oxygen atoms in total. The third-order valence-electron chi connectivity index (χ3n) is 2.60. The van der Waals surface area contributed by atoms with Crippen LogP contribution in [0.4, 0.5) is 0 Å². The molecule has 0 aromatic heterocycles. The van der Waals surface area contributed by atoms with Crippen LogP contribution < -0.4 is 5.73 Å². The van der Waals surface area contributed by atoms with Crippen molar-refractivity contribution in [3.8, 4) is 0 Å². The van der Waals surface area contributed by atoms with Crippen molar-refractivity contribution >= 4 is 55.1 Å². The van der Waals surface area contributed by atoms with Gasteiger partial charge >= 0.3 is 0 Å². The zero-order chi connectivity index (χ0) is 13.3. The average Bonchev–Trinajstić information content (AvgIpc) is 2.28. The molecule has 0 spiro atoms. The summed E-state index contributed by atoms with van der Waals surface area (Å²) in [5, 5.41) is 1.18. The Bertz CT molecular complexity index is 536. The smallest absolute Gasteiger partial charge is 0.0577 e. The lowest BCUT2D eigenvalue weighted by Gasteiger charge is -2.16. The molecule has 1 unspecified atom stereocenters. The van der Waals surface area contributed by atoms with Gasteiger partial charge in [-0.15, -0.1) is 0 Å². The van der Waals surface area contributed by atoms with Crippen LogP contribution in [-0.2, 0) is 0 Å². The van der Waals surface area contributed by atoms with Crippen LogP contribution in [0.2, 0.25) is 10.0 Å². The van der Waals surface area contributed by atoms with Crippen LogP contribution in [0.25, 0.3) is 0 Å². The summed E-state index contributed by atoms with van der Waals surface area (Å²) in [6, 6.07) is 10.9. The number of hydrogen-bond donors (Lipinski definition) is 1. The highest BCUT2D eigenvalue weighted by atomic mass is 79.9. The van der Waals surface area contributed by atoms with E-state index in [1.165, 1.54) is 0 Å². The Labute approximate surface area is 133 Å². The number of halogens is 4. The van der Waals surface area contributed by atoms with Crippen molar-refractivity contribution in [2.45, 2.75) is 6.04 Å². The molecule has 18 heavy (non-hydrogen) atoms. The Morgan fingerprint density at radius 1 is 0.944 bits per heavy atom. The third kappa shape index (κ3) is 3.09. The van der Waals surface area contributed by atoms with Crippen LogP contribution in [0.3, 0.4) is 0 Å². The first-order valence-electron chi connectivity index (χ1n) is 5.14. The van der Waals surface area contributed by atoms with Gasteiger partial charge in [0.25, 0.3) is 0 Å². The lowest BCUT2D eigenvalue weighted by molar-refractivity contribution is 0.866. The first-order valence-corrected chi connectivity index (χ1v) is 7.48. The zero-order valence-electron chi connectivity index (χ0n) is 9.13. The second-order valence-electron chi connectivity index (χ2n) is 3.81. The second kappa shape index (κ2) is 5.93. The summed E-state index contributed by atoms with van der Waals surface area (Å²) in [5.74, 6) is 0. The van der Waals surface area contributed by atoms with E-state index in [4.69, 9.17) is 28.9 Å². The summed E-state index contributed by atoms with van der Waals surface area (Å²) in [6.07, 6.45) is 0. The van der Waals surface area contributed by atoms with Crippen LogP contribution in [0.15, 0.2) is 45.3 Å². The molecule has 0 aliphatic rings. The van der Waals surface area contributed by atoms with Crippen LogP contribution in [0, 0.1) is 0 Å². The topological polar surface area (TPSA) is 26.0 Å². The summed E-state index contributed by atoms with van der Waals surface area (Å²) in [6.45, 7) is 0. The number of rotatable bonds is 2. The van der Waals surface area contributed by atoms with Gasteiger partial charge in [0.1, 0.15) is 0 Å². The molecule has 2 aromatic carbocycles. The van der Waals surface area contributed by atoms with Gasteiger partial charge < -0.3 is 5.73 Å². The van der Waals surface area contributed by atoms with E-state index < -0.39 is 0 Å². The van der Waals surface area contributed by atoms with E-state index in [9.17, 15) is 0 Å². The Morgan fingerprint density at radius 3 is 2.22 bits per heavy atom. The van der Waals surface area contributed by atoms with Crippen molar-refractivity contribution in [3.05, 3.63) is 66.5 Å². The highest BCUT2D eigenvalue weighted by Crippen LogP contribution is 2.33. The summed E-state index contributed by atoms with van der Waals surface area (Å²) in [7, 11) is 0.